The van der Waals surface area contributed by atoms with Crippen molar-refractivity contribution in [2.75, 3.05) is 0 Å². The van der Waals surface area contributed by atoms with Gasteiger partial charge in [0.05, 0.1) is 5.25 Å². The molecule has 0 fully saturated rings. The highest BCUT2D eigenvalue weighted by Gasteiger charge is 2.25. The number of nitrogens with one attached hydrogen (secondary N) is 1. The summed E-state index contributed by atoms with van der Waals surface area (Å²) in [6, 6.07) is -1.01. The van der Waals surface area contributed by atoms with Crippen molar-refractivity contribution in [3.8, 4) is 0 Å². The van der Waals surface area contributed by atoms with Crippen LogP contribution in [0.3, 0.4) is 0 Å². The van der Waals surface area contributed by atoms with Crippen LogP contribution in [0.15, 0.2) is 0 Å². The fourth-order valence-corrected chi connectivity index (χ4v) is 1.74. The molecule has 0 spiro atoms. The molecule has 0 heterocycles. The molecule has 0 aliphatic heterocycles. The van der Waals surface area contributed by atoms with Gasteiger partial charge in [0.15, 0.2) is 0 Å². The van der Waals surface area contributed by atoms with Gasteiger partial charge >= 0.3 is 5.97 Å². The van der Waals surface area contributed by atoms with Gasteiger partial charge in [-0.15, -0.1) is 0 Å². The molecule has 0 aromatic carbocycles. The molecule has 6 heteroatoms. The highest BCUT2D eigenvalue weighted by molar-refractivity contribution is 7.90. The molecule has 0 aromatic rings. The Kier molecular flexibility index (Phi) is 5.07. The van der Waals surface area contributed by atoms with Crippen molar-refractivity contribution >= 4 is 16.0 Å². The monoisotopic (exact) mass is 223 g/mol. The Balaban J connectivity index is 4.53. The van der Waals surface area contributed by atoms with Crippen LogP contribution >= 0.6 is 0 Å². The van der Waals surface area contributed by atoms with E-state index in [1.165, 1.54) is 13.8 Å². The van der Waals surface area contributed by atoms with Crippen LogP contribution in [0.2, 0.25) is 0 Å². The molecule has 0 aliphatic rings. The van der Waals surface area contributed by atoms with Gasteiger partial charge in [-0.2, -0.15) is 0 Å². The molecule has 1 atom stereocenters. The van der Waals surface area contributed by atoms with Crippen LogP contribution < -0.4 is 4.72 Å². The molecule has 0 unspecified atom stereocenters. The average molecular weight is 223 g/mol. The predicted molar refractivity (Wildman–Crippen MR) is 53.5 cm³/mol. The zero-order valence-corrected chi connectivity index (χ0v) is 9.47. The lowest BCUT2D eigenvalue weighted by molar-refractivity contribution is -0.139. The van der Waals surface area contributed by atoms with Crippen LogP contribution in [0, 0.1) is 0 Å². The zero-order chi connectivity index (χ0) is 11.4. The van der Waals surface area contributed by atoms with Gasteiger partial charge < -0.3 is 5.11 Å². The van der Waals surface area contributed by atoms with Gasteiger partial charge in [0.2, 0.25) is 10.0 Å². The van der Waals surface area contributed by atoms with Gasteiger partial charge in [-0.3, -0.25) is 4.79 Å². The van der Waals surface area contributed by atoms with E-state index >= 15 is 0 Å². The summed E-state index contributed by atoms with van der Waals surface area (Å²) < 4.78 is 24.9. The third-order valence-corrected chi connectivity index (χ3v) is 3.66. The SMILES string of the molecule is CCC[C@@H](NS(=O)(=O)C(C)C)C(=O)O. The van der Waals surface area contributed by atoms with Crippen LogP contribution in [0.1, 0.15) is 33.6 Å². The maximum absolute atomic E-state index is 11.3. The number of rotatable bonds is 6. The molecule has 0 aromatic heterocycles. The predicted octanol–water partition coefficient (Wildman–Crippen LogP) is 0.567. The second kappa shape index (κ2) is 5.31. The van der Waals surface area contributed by atoms with Crippen molar-refractivity contribution in [1.82, 2.24) is 4.72 Å². The average Bonchev–Trinajstić information content (AvgIpc) is 2.02. The maximum Gasteiger partial charge on any atom is 0.321 e. The lowest BCUT2D eigenvalue weighted by Crippen LogP contribution is -2.43. The van der Waals surface area contributed by atoms with Crippen molar-refractivity contribution in [3.05, 3.63) is 0 Å². The summed E-state index contributed by atoms with van der Waals surface area (Å²) in [6.45, 7) is 4.82. The van der Waals surface area contributed by atoms with Gasteiger partial charge in [0.25, 0.3) is 0 Å². The van der Waals surface area contributed by atoms with E-state index in [1.54, 1.807) is 6.92 Å². The Morgan fingerprint density at radius 1 is 1.43 bits per heavy atom. The molecule has 0 saturated carbocycles. The van der Waals surface area contributed by atoms with Gasteiger partial charge in [-0.05, 0) is 20.3 Å². The lowest BCUT2D eigenvalue weighted by Gasteiger charge is -2.15. The minimum Gasteiger partial charge on any atom is -0.480 e. The second-order valence-corrected chi connectivity index (χ2v) is 5.66. The highest BCUT2D eigenvalue weighted by Crippen LogP contribution is 2.03. The Morgan fingerprint density at radius 3 is 2.21 bits per heavy atom. The number of sulfonamides is 1. The Bertz CT molecular complexity index is 284. The fraction of sp³-hybridized carbons (Fsp3) is 0.875. The summed E-state index contributed by atoms with van der Waals surface area (Å²) in [5.74, 6) is -1.13. The maximum atomic E-state index is 11.3. The van der Waals surface area contributed by atoms with Crippen LogP contribution in [0.25, 0.3) is 0 Å². The second-order valence-electron chi connectivity index (χ2n) is 3.39. The van der Waals surface area contributed by atoms with Crippen molar-refractivity contribution in [1.29, 1.82) is 0 Å². The van der Waals surface area contributed by atoms with Gasteiger partial charge in [-0.1, -0.05) is 13.3 Å². The minimum atomic E-state index is -3.50. The van der Waals surface area contributed by atoms with Gasteiger partial charge in [-0.25, -0.2) is 13.1 Å². The van der Waals surface area contributed by atoms with Crippen molar-refractivity contribution in [2.24, 2.45) is 0 Å². The van der Waals surface area contributed by atoms with Crippen LogP contribution in [-0.4, -0.2) is 30.8 Å². The topological polar surface area (TPSA) is 83.5 Å². The molecule has 0 radical (unpaired) electrons. The normalized spacial score (nSPS) is 14.3. The number of carbonyl (C=O) groups is 1. The quantitative estimate of drug-likeness (QED) is 0.689. The molecule has 0 amide bonds. The number of aliphatic carboxylic acids is 1. The van der Waals surface area contributed by atoms with E-state index in [9.17, 15) is 13.2 Å². The van der Waals surface area contributed by atoms with Crippen molar-refractivity contribution < 1.29 is 18.3 Å². The summed E-state index contributed by atoms with van der Waals surface area (Å²) in [4.78, 5) is 10.7. The number of carboxylic acids is 1. The Morgan fingerprint density at radius 2 is 1.93 bits per heavy atom. The Labute approximate surface area is 84.6 Å². The van der Waals surface area contributed by atoms with E-state index in [2.05, 4.69) is 4.72 Å². The first-order valence-corrected chi connectivity index (χ1v) is 6.09. The van der Waals surface area contributed by atoms with E-state index in [0.717, 1.165) is 0 Å². The molecule has 84 valence electrons. The van der Waals surface area contributed by atoms with E-state index in [4.69, 9.17) is 5.11 Å². The summed E-state index contributed by atoms with van der Waals surface area (Å²) in [5, 5.41) is 8.11. The first-order valence-electron chi connectivity index (χ1n) is 4.55. The fourth-order valence-electron chi connectivity index (χ4n) is 0.856. The van der Waals surface area contributed by atoms with Crippen LogP contribution in [-0.2, 0) is 14.8 Å². The van der Waals surface area contributed by atoms with Crippen LogP contribution in [0.5, 0.6) is 0 Å². The Hall–Kier alpha value is -0.620. The third-order valence-electron chi connectivity index (χ3n) is 1.80. The molecule has 0 rings (SSSR count). The van der Waals surface area contributed by atoms with Crippen molar-refractivity contribution in [2.45, 2.75) is 44.9 Å². The number of hydrogen-bond donors (Lipinski definition) is 2. The first kappa shape index (κ1) is 13.4. The van der Waals surface area contributed by atoms with E-state index in [-0.39, 0.29) is 0 Å². The highest BCUT2D eigenvalue weighted by atomic mass is 32.2. The summed E-state index contributed by atoms with van der Waals surface area (Å²) >= 11 is 0. The molecule has 2 N–H and O–H groups in total. The first-order chi connectivity index (χ1) is 6.31. The molecule has 0 saturated heterocycles. The zero-order valence-electron chi connectivity index (χ0n) is 8.65. The molecule has 14 heavy (non-hydrogen) atoms. The third kappa shape index (κ3) is 4.06. The molecular weight excluding hydrogens is 206 g/mol. The van der Waals surface area contributed by atoms with Crippen LogP contribution in [0.4, 0.5) is 0 Å². The lowest BCUT2D eigenvalue weighted by atomic mass is 10.2. The summed E-state index contributed by atoms with van der Waals surface area (Å²) in [5.41, 5.74) is 0. The smallest absolute Gasteiger partial charge is 0.321 e. The standard InChI is InChI=1S/C8H17NO4S/c1-4-5-7(8(10)11)9-14(12,13)6(2)3/h6-7,9H,4-5H2,1-3H3,(H,10,11)/t7-/m1/s1. The summed E-state index contributed by atoms with van der Waals surface area (Å²) in [6.07, 6.45) is 0.929. The van der Waals surface area contributed by atoms with Gasteiger partial charge in [0.1, 0.15) is 6.04 Å². The molecule has 0 aliphatic carbocycles. The largest absolute Gasteiger partial charge is 0.480 e. The number of carboxylic acid groups (broad SMARTS) is 1. The molecule has 5 nitrogen and oxygen atoms in total. The van der Waals surface area contributed by atoms with Gasteiger partial charge in [0, 0.05) is 0 Å². The summed E-state index contributed by atoms with van der Waals surface area (Å²) in [7, 11) is -3.50. The van der Waals surface area contributed by atoms with E-state index in [0.29, 0.717) is 12.8 Å². The molecule has 0 bridgehead atoms. The molecular formula is C8H17NO4S. The number of hydrogen-bond acceptors (Lipinski definition) is 3. The minimum absolute atomic E-state index is 0.307. The van der Waals surface area contributed by atoms with Crippen molar-refractivity contribution in [3.63, 3.8) is 0 Å². The van der Waals surface area contributed by atoms with E-state index in [1.807, 2.05) is 0 Å². The van der Waals surface area contributed by atoms with E-state index < -0.39 is 27.3 Å².